The number of carboxylic acid groups (broad SMARTS) is 1. The fourth-order valence-corrected chi connectivity index (χ4v) is 2.96. The Hall–Kier alpha value is -1.59. The van der Waals surface area contributed by atoms with Crippen LogP contribution in [-0.2, 0) is 14.4 Å². The van der Waals surface area contributed by atoms with Crippen molar-refractivity contribution in [1.82, 2.24) is 10.2 Å². The molecule has 0 aromatic carbocycles. The molecule has 2 amide bonds. The summed E-state index contributed by atoms with van der Waals surface area (Å²) in [5.41, 5.74) is 0. The molecule has 2 unspecified atom stereocenters. The zero-order valence-corrected chi connectivity index (χ0v) is 12.7. The molecule has 0 heterocycles. The molecule has 0 aromatic heterocycles. The van der Waals surface area contributed by atoms with E-state index in [1.54, 1.807) is 6.92 Å². The Bertz CT molecular complexity index is 427. The van der Waals surface area contributed by atoms with Gasteiger partial charge in [-0.1, -0.05) is 12.8 Å². The number of carbonyl (C=O) groups is 3. The highest BCUT2D eigenvalue weighted by atomic mass is 16.4. The molecular weight excluding hydrogens is 272 g/mol. The summed E-state index contributed by atoms with van der Waals surface area (Å²) in [5.74, 6) is -1.37. The van der Waals surface area contributed by atoms with E-state index in [0.29, 0.717) is 0 Å². The summed E-state index contributed by atoms with van der Waals surface area (Å²) < 4.78 is 0. The van der Waals surface area contributed by atoms with Crippen molar-refractivity contribution < 1.29 is 19.5 Å². The zero-order valence-electron chi connectivity index (χ0n) is 12.7. The van der Waals surface area contributed by atoms with Gasteiger partial charge in [0, 0.05) is 12.0 Å². The molecule has 0 spiro atoms. The first kappa shape index (κ1) is 15.8. The van der Waals surface area contributed by atoms with Crippen LogP contribution in [0.4, 0.5) is 0 Å². The SMILES string of the molecule is CC(NC(=O)C1CCCC1)C(=O)N(C1CC1)C(C)C(=O)O. The highest BCUT2D eigenvalue weighted by Gasteiger charge is 2.40. The Kier molecular flexibility index (Phi) is 4.85. The molecule has 0 aromatic rings. The lowest BCUT2D eigenvalue weighted by Crippen LogP contribution is -2.53. The second-order valence-electron chi connectivity index (χ2n) is 6.20. The van der Waals surface area contributed by atoms with Crippen molar-refractivity contribution >= 4 is 17.8 Å². The van der Waals surface area contributed by atoms with Crippen LogP contribution in [0, 0.1) is 5.92 Å². The third-order valence-corrected chi connectivity index (χ3v) is 4.42. The molecule has 6 heteroatoms. The smallest absolute Gasteiger partial charge is 0.326 e. The van der Waals surface area contributed by atoms with Crippen LogP contribution in [0.5, 0.6) is 0 Å². The Morgan fingerprint density at radius 1 is 1.10 bits per heavy atom. The quantitative estimate of drug-likeness (QED) is 0.769. The maximum absolute atomic E-state index is 12.5. The van der Waals surface area contributed by atoms with Crippen LogP contribution in [0.25, 0.3) is 0 Å². The predicted octanol–water partition coefficient (Wildman–Crippen LogP) is 1.15. The standard InChI is InChI=1S/C15H24N2O4/c1-9(16-13(18)11-5-3-4-6-11)14(19)17(12-7-8-12)10(2)15(20)21/h9-12H,3-8H2,1-2H3,(H,16,18)(H,20,21). The molecule has 0 saturated heterocycles. The Labute approximate surface area is 124 Å². The summed E-state index contributed by atoms with van der Waals surface area (Å²) in [6.07, 6.45) is 5.56. The van der Waals surface area contributed by atoms with E-state index in [0.717, 1.165) is 38.5 Å². The van der Waals surface area contributed by atoms with E-state index in [1.165, 1.54) is 11.8 Å². The molecule has 2 N–H and O–H groups in total. The molecule has 2 aliphatic carbocycles. The monoisotopic (exact) mass is 296 g/mol. The van der Waals surface area contributed by atoms with E-state index in [9.17, 15) is 14.4 Å². The van der Waals surface area contributed by atoms with E-state index in [1.807, 2.05) is 0 Å². The number of rotatable bonds is 6. The normalized spacial score (nSPS) is 21.6. The molecule has 0 radical (unpaired) electrons. The Morgan fingerprint density at radius 2 is 1.67 bits per heavy atom. The van der Waals surface area contributed by atoms with Crippen LogP contribution in [0.2, 0.25) is 0 Å². The summed E-state index contributed by atoms with van der Waals surface area (Å²) >= 11 is 0. The summed E-state index contributed by atoms with van der Waals surface area (Å²) in [7, 11) is 0. The van der Waals surface area contributed by atoms with Crippen molar-refractivity contribution in [3.63, 3.8) is 0 Å². The predicted molar refractivity (Wildman–Crippen MR) is 76.5 cm³/mol. The number of carbonyl (C=O) groups excluding carboxylic acids is 2. The second kappa shape index (κ2) is 6.45. The van der Waals surface area contributed by atoms with Gasteiger partial charge in [0.25, 0.3) is 0 Å². The van der Waals surface area contributed by atoms with Crippen molar-refractivity contribution in [3.05, 3.63) is 0 Å². The topological polar surface area (TPSA) is 86.7 Å². The summed E-state index contributed by atoms with van der Waals surface area (Å²) in [6.45, 7) is 3.16. The highest BCUT2D eigenvalue weighted by molar-refractivity contribution is 5.91. The molecule has 0 bridgehead atoms. The van der Waals surface area contributed by atoms with Gasteiger partial charge in [0.05, 0.1) is 0 Å². The Balaban J connectivity index is 1.95. The van der Waals surface area contributed by atoms with Gasteiger partial charge in [-0.25, -0.2) is 4.79 Å². The lowest BCUT2D eigenvalue weighted by atomic mass is 10.1. The highest BCUT2D eigenvalue weighted by Crippen LogP contribution is 2.29. The van der Waals surface area contributed by atoms with Gasteiger partial charge < -0.3 is 15.3 Å². The minimum Gasteiger partial charge on any atom is -0.480 e. The van der Waals surface area contributed by atoms with E-state index in [4.69, 9.17) is 5.11 Å². The van der Waals surface area contributed by atoms with Gasteiger partial charge >= 0.3 is 5.97 Å². The maximum Gasteiger partial charge on any atom is 0.326 e. The van der Waals surface area contributed by atoms with Crippen LogP contribution in [0.15, 0.2) is 0 Å². The fraction of sp³-hybridized carbons (Fsp3) is 0.800. The van der Waals surface area contributed by atoms with Crippen LogP contribution >= 0.6 is 0 Å². The van der Waals surface area contributed by atoms with Gasteiger partial charge in [0.1, 0.15) is 12.1 Å². The second-order valence-corrected chi connectivity index (χ2v) is 6.20. The van der Waals surface area contributed by atoms with Gasteiger partial charge in [0.15, 0.2) is 0 Å². The number of nitrogens with one attached hydrogen (secondary N) is 1. The van der Waals surface area contributed by atoms with Crippen LogP contribution in [0.3, 0.4) is 0 Å². The summed E-state index contributed by atoms with van der Waals surface area (Å²) in [6, 6.07) is -1.51. The Morgan fingerprint density at radius 3 is 2.14 bits per heavy atom. The largest absolute Gasteiger partial charge is 0.480 e. The van der Waals surface area contributed by atoms with Crippen molar-refractivity contribution in [1.29, 1.82) is 0 Å². The van der Waals surface area contributed by atoms with Crippen molar-refractivity contribution in [2.75, 3.05) is 0 Å². The van der Waals surface area contributed by atoms with E-state index in [2.05, 4.69) is 5.32 Å². The molecular formula is C15H24N2O4. The lowest BCUT2D eigenvalue weighted by molar-refractivity contribution is -0.151. The number of amides is 2. The first-order valence-corrected chi connectivity index (χ1v) is 7.77. The van der Waals surface area contributed by atoms with E-state index in [-0.39, 0.29) is 23.8 Å². The van der Waals surface area contributed by atoms with Gasteiger partial charge in [0.2, 0.25) is 11.8 Å². The van der Waals surface area contributed by atoms with Crippen LogP contribution < -0.4 is 5.32 Å². The molecule has 2 atom stereocenters. The molecule has 0 aliphatic heterocycles. The summed E-state index contributed by atoms with van der Waals surface area (Å²) in [4.78, 5) is 37.1. The minimum absolute atomic E-state index is 0.00604. The summed E-state index contributed by atoms with van der Waals surface area (Å²) in [5, 5.41) is 11.9. The van der Waals surface area contributed by atoms with Crippen molar-refractivity contribution in [2.45, 2.75) is 70.5 Å². The van der Waals surface area contributed by atoms with Gasteiger partial charge in [-0.3, -0.25) is 9.59 Å². The first-order chi connectivity index (χ1) is 9.91. The minimum atomic E-state index is -1.01. The van der Waals surface area contributed by atoms with Crippen molar-refractivity contribution in [2.24, 2.45) is 5.92 Å². The molecule has 2 saturated carbocycles. The van der Waals surface area contributed by atoms with Crippen LogP contribution in [0.1, 0.15) is 52.4 Å². The third kappa shape index (κ3) is 3.74. The van der Waals surface area contributed by atoms with Gasteiger partial charge in [-0.2, -0.15) is 0 Å². The molecule has 2 fully saturated rings. The average Bonchev–Trinajstić information content (AvgIpc) is 3.10. The first-order valence-electron chi connectivity index (χ1n) is 7.77. The van der Waals surface area contributed by atoms with Gasteiger partial charge in [-0.15, -0.1) is 0 Å². The number of hydrogen-bond acceptors (Lipinski definition) is 3. The van der Waals surface area contributed by atoms with Gasteiger partial charge in [-0.05, 0) is 39.5 Å². The number of hydrogen-bond donors (Lipinski definition) is 2. The molecule has 2 rings (SSSR count). The van der Waals surface area contributed by atoms with E-state index < -0.39 is 18.1 Å². The van der Waals surface area contributed by atoms with Crippen LogP contribution in [-0.4, -0.2) is 45.9 Å². The number of carboxylic acids is 1. The number of aliphatic carboxylic acids is 1. The molecule has 2 aliphatic rings. The third-order valence-electron chi connectivity index (χ3n) is 4.42. The zero-order chi connectivity index (χ0) is 15.6. The average molecular weight is 296 g/mol. The molecule has 6 nitrogen and oxygen atoms in total. The number of nitrogens with zero attached hydrogens (tertiary/aromatic N) is 1. The molecule has 118 valence electrons. The lowest BCUT2D eigenvalue weighted by Gasteiger charge is -2.29. The molecule has 21 heavy (non-hydrogen) atoms. The maximum atomic E-state index is 12.5. The van der Waals surface area contributed by atoms with E-state index >= 15 is 0 Å². The van der Waals surface area contributed by atoms with Crippen molar-refractivity contribution in [3.8, 4) is 0 Å². The fourth-order valence-electron chi connectivity index (χ4n) is 2.96.